The van der Waals surface area contributed by atoms with Crippen LogP contribution in [0.2, 0.25) is 0 Å². The third-order valence-electron chi connectivity index (χ3n) is 7.41. The van der Waals surface area contributed by atoms with Crippen LogP contribution in [0.1, 0.15) is 42.7 Å². The van der Waals surface area contributed by atoms with E-state index in [1.165, 1.54) is 22.9 Å². The lowest BCUT2D eigenvalue weighted by Gasteiger charge is -2.15. The van der Waals surface area contributed by atoms with E-state index < -0.39 is 33.4 Å². The van der Waals surface area contributed by atoms with E-state index in [4.69, 9.17) is 4.74 Å². The molecule has 1 unspecified atom stereocenters. The van der Waals surface area contributed by atoms with Crippen molar-refractivity contribution < 1.29 is 27.9 Å². The second-order valence-corrected chi connectivity index (χ2v) is 15.3. The van der Waals surface area contributed by atoms with Crippen LogP contribution < -0.4 is 5.32 Å². The van der Waals surface area contributed by atoms with Gasteiger partial charge in [-0.3, -0.25) is 10.1 Å². The van der Waals surface area contributed by atoms with E-state index in [1.54, 1.807) is 29.5 Å². The average molecular weight is 639 g/mol. The largest absolute Gasteiger partial charge is 0.481 e. The number of ether oxygens (including phenoxy) is 1. The summed E-state index contributed by atoms with van der Waals surface area (Å²) in [5, 5.41) is 12.6. The van der Waals surface area contributed by atoms with Crippen molar-refractivity contribution in [1.29, 1.82) is 0 Å². The Morgan fingerprint density at radius 1 is 1.02 bits per heavy atom. The minimum Gasteiger partial charge on any atom is -0.481 e. The molecule has 1 atom stereocenters. The van der Waals surface area contributed by atoms with Gasteiger partial charge in [0.25, 0.3) is 0 Å². The van der Waals surface area contributed by atoms with Crippen molar-refractivity contribution in [3.05, 3.63) is 77.5 Å². The van der Waals surface area contributed by atoms with Crippen LogP contribution in [0.5, 0.6) is 0 Å². The standard InChI is InChI=1S/C30H26N2O6S4/c1-16-26(31-29(35)38-17(2)18-7-5-4-6-8-18)27(41-32-16)24-15-23-22(40-24)14-21(39-23)19-9-10-20(25(13-19)42(3,36)37)30(11-12-30)28(33)34/h4-10,13-15,17H,11-12H2,1-3H3,(H,31,35)(H,33,34). The van der Waals surface area contributed by atoms with Gasteiger partial charge < -0.3 is 9.84 Å². The molecule has 2 N–H and O–H groups in total. The molecule has 1 aliphatic carbocycles. The summed E-state index contributed by atoms with van der Waals surface area (Å²) in [5.41, 5.74) is 2.17. The van der Waals surface area contributed by atoms with Crippen LogP contribution in [-0.4, -0.2) is 36.2 Å². The molecule has 12 heteroatoms. The summed E-state index contributed by atoms with van der Waals surface area (Å²) in [5.74, 6) is -0.990. The molecular weight excluding hydrogens is 613 g/mol. The molecular formula is C30H26N2O6S4. The van der Waals surface area contributed by atoms with Gasteiger partial charge in [-0.2, -0.15) is 4.37 Å². The van der Waals surface area contributed by atoms with Crippen LogP contribution in [0.25, 0.3) is 29.6 Å². The lowest BCUT2D eigenvalue weighted by atomic mass is 9.95. The Bertz CT molecular complexity index is 1920. The number of aryl methyl sites for hydroxylation is 1. The van der Waals surface area contributed by atoms with Gasteiger partial charge in [0.1, 0.15) is 6.10 Å². The van der Waals surface area contributed by atoms with Crippen LogP contribution >= 0.6 is 34.2 Å². The number of carboxylic acid groups (broad SMARTS) is 1. The highest BCUT2D eigenvalue weighted by Crippen LogP contribution is 2.52. The third-order valence-corrected chi connectivity index (χ3v) is 12.0. The number of amides is 1. The number of carbonyl (C=O) groups excluding carboxylic acids is 1. The number of sulfone groups is 1. The summed E-state index contributed by atoms with van der Waals surface area (Å²) >= 11 is 4.38. The smallest absolute Gasteiger partial charge is 0.412 e. The molecule has 8 nitrogen and oxygen atoms in total. The number of aromatic nitrogens is 1. The van der Waals surface area contributed by atoms with Gasteiger partial charge in [-0.05, 0) is 73.1 Å². The van der Waals surface area contributed by atoms with E-state index >= 15 is 0 Å². The molecule has 0 saturated heterocycles. The minimum atomic E-state index is -3.64. The van der Waals surface area contributed by atoms with Gasteiger partial charge in [0.15, 0.2) is 9.84 Å². The molecule has 3 heterocycles. The van der Waals surface area contributed by atoms with E-state index in [0.29, 0.717) is 29.8 Å². The van der Waals surface area contributed by atoms with Crippen molar-refractivity contribution in [3.63, 3.8) is 0 Å². The van der Waals surface area contributed by atoms with Crippen LogP contribution in [-0.2, 0) is 24.8 Å². The fourth-order valence-electron chi connectivity index (χ4n) is 4.96. The van der Waals surface area contributed by atoms with Crippen molar-refractivity contribution in [2.75, 3.05) is 11.6 Å². The highest BCUT2D eigenvalue weighted by molar-refractivity contribution is 7.90. The van der Waals surface area contributed by atoms with Crippen molar-refractivity contribution >= 4 is 71.2 Å². The molecule has 0 aliphatic heterocycles. The highest BCUT2D eigenvalue weighted by atomic mass is 32.2. The van der Waals surface area contributed by atoms with E-state index in [1.807, 2.05) is 56.3 Å². The second-order valence-electron chi connectivity index (χ2n) is 10.4. The van der Waals surface area contributed by atoms with Crippen molar-refractivity contribution in [3.8, 4) is 20.2 Å². The van der Waals surface area contributed by atoms with Crippen molar-refractivity contribution in [1.82, 2.24) is 4.37 Å². The summed E-state index contributed by atoms with van der Waals surface area (Å²) in [6.45, 7) is 3.66. The number of thiophene rings is 2. The van der Waals surface area contributed by atoms with Gasteiger partial charge >= 0.3 is 12.1 Å². The molecule has 1 aliphatic rings. The molecule has 216 valence electrons. The van der Waals surface area contributed by atoms with Gasteiger partial charge in [0.2, 0.25) is 0 Å². The van der Waals surface area contributed by atoms with Crippen LogP contribution in [0.15, 0.2) is 65.6 Å². The highest BCUT2D eigenvalue weighted by Gasteiger charge is 2.53. The summed E-state index contributed by atoms with van der Waals surface area (Å²) in [7, 11) is -3.64. The fraction of sp³-hybridized carbons (Fsp3) is 0.233. The first-order chi connectivity index (χ1) is 20.0. The first-order valence-corrected chi connectivity index (χ1v) is 17.4. The maximum absolute atomic E-state index is 12.8. The molecule has 1 saturated carbocycles. The molecule has 0 radical (unpaired) electrons. The Morgan fingerprint density at radius 2 is 1.69 bits per heavy atom. The van der Waals surface area contributed by atoms with E-state index in [9.17, 15) is 23.1 Å². The molecule has 0 bridgehead atoms. The molecule has 6 rings (SSSR count). The van der Waals surface area contributed by atoms with Gasteiger partial charge in [-0.1, -0.05) is 42.5 Å². The van der Waals surface area contributed by atoms with Gasteiger partial charge in [-0.25, -0.2) is 13.2 Å². The zero-order chi connectivity index (χ0) is 29.8. The average Bonchev–Trinajstić information content (AvgIpc) is 3.36. The normalized spacial score (nSPS) is 14.9. The Morgan fingerprint density at radius 3 is 2.33 bits per heavy atom. The second kappa shape index (κ2) is 10.6. The van der Waals surface area contributed by atoms with E-state index in [2.05, 4.69) is 9.69 Å². The number of benzene rings is 2. The van der Waals surface area contributed by atoms with Gasteiger partial charge in [-0.15, -0.1) is 22.7 Å². The van der Waals surface area contributed by atoms with Gasteiger partial charge in [0.05, 0.1) is 31.4 Å². The number of nitrogens with zero attached hydrogens (tertiary/aromatic N) is 1. The molecule has 3 aromatic heterocycles. The molecule has 0 spiro atoms. The zero-order valence-electron chi connectivity index (χ0n) is 22.8. The lowest BCUT2D eigenvalue weighted by molar-refractivity contribution is -0.140. The number of anilines is 1. The molecule has 5 aromatic rings. The van der Waals surface area contributed by atoms with Crippen LogP contribution in [0.4, 0.5) is 10.5 Å². The number of hydrogen-bond acceptors (Lipinski definition) is 9. The monoisotopic (exact) mass is 638 g/mol. The number of nitrogens with one attached hydrogen (secondary N) is 1. The SMILES string of the molecule is Cc1nsc(-c2cc3sc(-c4ccc(C5(C(=O)O)CC5)c(S(C)(=O)=O)c4)cc3s2)c1NC(=O)OC(C)c1ccccc1. The predicted molar refractivity (Wildman–Crippen MR) is 168 cm³/mol. The fourth-order valence-corrected chi connectivity index (χ4v) is 9.30. The maximum atomic E-state index is 12.8. The van der Waals surface area contributed by atoms with Gasteiger partial charge in [0, 0.05) is 20.5 Å². The third kappa shape index (κ3) is 5.24. The maximum Gasteiger partial charge on any atom is 0.412 e. The number of aliphatic carboxylic acids is 1. The molecule has 42 heavy (non-hydrogen) atoms. The number of fused-ring (bicyclic) bond motifs is 1. The molecule has 2 aromatic carbocycles. The molecule has 1 fully saturated rings. The number of hydrogen-bond donors (Lipinski definition) is 2. The Hall–Kier alpha value is -3.58. The Kier molecular flexibility index (Phi) is 7.20. The topological polar surface area (TPSA) is 123 Å². The van der Waals surface area contributed by atoms with Crippen molar-refractivity contribution in [2.24, 2.45) is 0 Å². The zero-order valence-corrected chi connectivity index (χ0v) is 26.1. The summed E-state index contributed by atoms with van der Waals surface area (Å²) in [6, 6.07) is 18.6. The number of rotatable bonds is 8. The first kappa shape index (κ1) is 28.5. The summed E-state index contributed by atoms with van der Waals surface area (Å²) in [4.78, 5) is 27.4. The quantitative estimate of drug-likeness (QED) is 0.177. The Labute approximate surface area is 254 Å². The van der Waals surface area contributed by atoms with Crippen LogP contribution in [0, 0.1) is 6.92 Å². The van der Waals surface area contributed by atoms with E-state index in [0.717, 1.165) is 41.4 Å². The first-order valence-electron chi connectivity index (χ1n) is 13.1. The predicted octanol–water partition coefficient (Wildman–Crippen LogP) is 7.89. The Balaban J connectivity index is 1.26. The summed E-state index contributed by atoms with van der Waals surface area (Å²) in [6.07, 6.45) is 1.01. The number of carbonyl (C=O) groups is 2. The lowest BCUT2D eigenvalue weighted by Crippen LogP contribution is -2.22. The minimum absolute atomic E-state index is 0.0710. The summed E-state index contributed by atoms with van der Waals surface area (Å²) < 4.78 is 37.4. The number of carboxylic acids is 1. The molecule has 1 amide bonds. The van der Waals surface area contributed by atoms with E-state index in [-0.39, 0.29) is 4.90 Å². The van der Waals surface area contributed by atoms with Crippen molar-refractivity contribution in [2.45, 2.75) is 43.1 Å². The van der Waals surface area contributed by atoms with Crippen LogP contribution in [0.3, 0.4) is 0 Å².